The number of nitrogens with zero attached hydrogens (tertiary/aromatic N) is 2. The smallest absolute Gasteiger partial charge is 0.317 e. The van der Waals surface area contributed by atoms with Crippen LogP contribution in [-0.4, -0.2) is 42.7 Å². The predicted octanol–water partition coefficient (Wildman–Crippen LogP) is 3.51. The number of hydrogen-bond donors (Lipinski definition) is 1. The number of aliphatic imine (C=N–C) groups is 1. The molecule has 0 aromatic carbocycles. The van der Waals surface area contributed by atoms with E-state index < -0.39 is 0 Å². The van der Waals surface area contributed by atoms with Crippen molar-refractivity contribution in [2.75, 3.05) is 19.6 Å². The molecular weight excluding hydrogens is 314 g/mol. The summed E-state index contributed by atoms with van der Waals surface area (Å²) in [6, 6.07) is 0.0818. The van der Waals surface area contributed by atoms with Gasteiger partial charge in [0.15, 0.2) is 0 Å². The molecule has 5 heteroatoms. The first-order valence-electron chi connectivity index (χ1n) is 9.55. The molecule has 2 aliphatic carbocycles. The molecule has 25 heavy (non-hydrogen) atoms. The van der Waals surface area contributed by atoms with Gasteiger partial charge >= 0.3 is 6.03 Å². The molecule has 1 saturated carbocycles. The minimum absolute atomic E-state index is 0.0175. The summed E-state index contributed by atoms with van der Waals surface area (Å²) in [7, 11) is 0. The van der Waals surface area contributed by atoms with Crippen molar-refractivity contribution in [3.8, 4) is 0 Å². The second kappa shape index (κ2) is 6.95. The number of nitrogens with one attached hydrogen (secondary N) is 1. The molecule has 0 aromatic heterocycles. The van der Waals surface area contributed by atoms with E-state index in [0.29, 0.717) is 18.4 Å². The van der Waals surface area contributed by atoms with Gasteiger partial charge in [0.2, 0.25) is 6.08 Å². The van der Waals surface area contributed by atoms with Crippen LogP contribution in [0.4, 0.5) is 4.79 Å². The highest BCUT2D eigenvalue weighted by atomic mass is 16.2. The van der Waals surface area contributed by atoms with Crippen LogP contribution in [0.2, 0.25) is 0 Å². The molecule has 0 aromatic rings. The normalized spacial score (nSPS) is 36.4. The van der Waals surface area contributed by atoms with E-state index in [4.69, 9.17) is 0 Å². The molecule has 1 heterocycles. The lowest BCUT2D eigenvalue weighted by Crippen LogP contribution is -2.47. The minimum atomic E-state index is -0.0313. The Morgan fingerprint density at radius 3 is 2.44 bits per heavy atom. The van der Waals surface area contributed by atoms with E-state index in [2.05, 4.69) is 43.2 Å². The number of carbonyl (C=O) groups excluding carboxylic acids is 2. The van der Waals surface area contributed by atoms with Gasteiger partial charge in [-0.05, 0) is 54.8 Å². The van der Waals surface area contributed by atoms with Gasteiger partial charge in [-0.2, -0.15) is 0 Å². The van der Waals surface area contributed by atoms with E-state index in [9.17, 15) is 9.59 Å². The molecule has 2 fully saturated rings. The molecule has 0 spiro atoms. The van der Waals surface area contributed by atoms with Crippen molar-refractivity contribution < 1.29 is 9.59 Å². The topological polar surface area (TPSA) is 61.8 Å². The van der Waals surface area contributed by atoms with Crippen LogP contribution in [-0.2, 0) is 4.79 Å². The second-order valence-electron chi connectivity index (χ2n) is 9.46. The van der Waals surface area contributed by atoms with Crippen molar-refractivity contribution in [2.24, 2.45) is 27.7 Å². The van der Waals surface area contributed by atoms with Crippen LogP contribution in [0, 0.1) is 22.7 Å². The zero-order valence-electron chi connectivity index (χ0n) is 15.8. The number of fused-ring (bicyclic) bond motifs is 1. The summed E-state index contributed by atoms with van der Waals surface area (Å²) in [4.78, 5) is 29.3. The molecule has 2 amide bonds. The largest absolute Gasteiger partial charge is 0.337 e. The molecule has 138 valence electrons. The van der Waals surface area contributed by atoms with Crippen molar-refractivity contribution in [1.29, 1.82) is 0 Å². The fraction of sp³-hybridized carbons (Fsp3) is 0.800. The second-order valence-corrected chi connectivity index (χ2v) is 9.46. The first kappa shape index (κ1) is 18.2. The van der Waals surface area contributed by atoms with Crippen LogP contribution in [0.15, 0.2) is 17.1 Å². The van der Waals surface area contributed by atoms with Crippen molar-refractivity contribution >= 4 is 12.1 Å². The Balaban J connectivity index is 1.56. The van der Waals surface area contributed by atoms with Gasteiger partial charge in [-0.15, -0.1) is 0 Å². The summed E-state index contributed by atoms with van der Waals surface area (Å²) in [5.74, 6) is 1.26. The Morgan fingerprint density at radius 1 is 1.20 bits per heavy atom. The lowest BCUT2D eigenvalue weighted by Gasteiger charge is -2.45. The van der Waals surface area contributed by atoms with Gasteiger partial charge in [-0.1, -0.05) is 32.9 Å². The fourth-order valence-corrected chi connectivity index (χ4v) is 5.46. The van der Waals surface area contributed by atoms with E-state index in [0.717, 1.165) is 45.2 Å². The van der Waals surface area contributed by atoms with E-state index in [1.807, 2.05) is 4.90 Å². The monoisotopic (exact) mass is 345 g/mol. The van der Waals surface area contributed by atoms with E-state index in [-0.39, 0.29) is 22.9 Å². The summed E-state index contributed by atoms with van der Waals surface area (Å²) in [5, 5.41) is 3.17. The third-order valence-electron chi connectivity index (χ3n) is 6.23. The van der Waals surface area contributed by atoms with E-state index in [1.165, 1.54) is 0 Å². The number of likely N-dealkylation sites (tertiary alicyclic amines) is 1. The molecule has 1 N–H and O–H groups in total. The summed E-state index contributed by atoms with van der Waals surface area (Å²) in [6.07, 6.45) is 11.2. The zero-order chi connectivity index (χ0) is 18.1. The number of allylic oxidation sites excluding steroid dienone is 2. The lowest BCUT2D eigenvalue weighted by atomic mass is 9.63. The summed E-state index contributed by atoms with van der Waals surface area (Å²) in [6.45, 7) is 9.04. The van der Waals surface area contributed by atoms with Crippen molar-refractivity contribution in [3.63, 3.8) is 0 Å². The number of rotatable bonds is 3. The average Bonchev–Trinajstić information content (AvgIpc) is 2.95. The first-order valence-corrected chi connectivity index (χ1v) is 9.55. The van der Waals surface area contributed by atoms with Crippen LogP contribution in [0.3, 0.4) is 0 Å². The average molecular weight is 345 g/mol. The summed E-state index contributed by atoms with van der Waals surface area (Å²) >= 11 is 0. The van der Waals surface area contributed by atoms with Gasteiger partial charge in [0.05, 0.1) is 6.04 Å². The molecule has 3 rings (SSSR count). The van der Waals surface area contributed by atoms with Crippen molar-refractivity contribution in [2.45, 2.75) is 58.9 Å². The molecular formula is C20H31N3O2. The maximum Gasteiger partial charge on any atom is 0.317 e. The molecule has 4 unspecified atom stereocenters. The molecule has 5 nitrogen and oxygen atoms in total. The predicted molar refractivity (Wildman–Crippen MR) is 98.0 cm³/mol. The number of carbonyl (C=O) groups is 1. The maximum atomic E-state index is 12.7. The number of amides is 2. The third-order valence-corrected chi connectivity index (χ3v) is 6.23. The van der Waals surface area contributed by atoms with E-state index >= 15 is 0 Å². The van der Waals surface area contributed by atoms with Gasteiger partial charge in [-0.25, -0.2) is 14.6 Å². The third kappa shape index (κ3) is 4.33. The number of isocyanates is 1. The van der Waals surface area contributed by atoms with E-state index in [1.54, 1.807) is 6.08 Å². The molecule has 0 radical (unpaired) electrons. The van der Waals surface area contributed by atoms with Crippen LogP contribution < -0.4 is 5.32 Å². The Hall–Kier alpha value is -1.61. The Kier molecular flexibility index (Phi) is 5.06. The van der Waals surface area contributed by atoms with Gasteiger partial charge in [0.1, 0.15) is 0 Å². The molecule has 3 aliphatic rings. The quantitative estimate of drug-likeness (QED) is 0.483. The number of urea groups is 1. The fourth-order valence-electron chi connectivity index (χ4n) is 5.46. The van der Waals surface area contributed by atoms with Gasteiger partial charge < -0.3 is 10.2 Å². The Labute approximate surface area is 150 Å². The van der Waals surface area contributed by atoms with Gasteiger partial charge in [-0.3, -0.25) is 0 Å². The zero-order valence-corrected chi connectivity index (χ0v) is 15.8. The van der Waals surface area contributed by atoms with Crippen LogP contribution in [0.25, 0.3) is 0 Å². The van der Waals surface area contributed by atoms with Crippen molar-refractivity contribution in [3.05, 3.63) is 12.2 Å². The molecule has 1 saturated heterocycles. The molecule has 4 atom stereocenters. The highest BCUT2D eigenvalue weighted by Crippen LogP contribution is 2.46. The van der Waals surface area contributed by atoms with Crippen LogP contribution in [0.1, 0.15) is 52.9 Å². The highest BCUT2D eigenvalue weighted by molar-refractivity contribution is 5.74. The highest BCUT2D eigenvalue weighted by Gasteiger charge is 2.42. The SMILES string of the molecule is CC1(C)CC(N=C=O)CC(C)(CNC(=O)N2CC3CC=CCC3C2)C1. The maximum absolute atomic E-state index is 12.7. The van der Waals surface area contributed by atoms with Gasteiger partial charge in [0.25, 0.3) is 0 Å². The Bertz CT molecular complexity index is 578. The number of hydrogen-bond acceptors (Lipinski definition) is 3. The molecule has 1 aliphatic heterocycles. The first-order chi connectivity index (χ1) is 11.8. The minimum Gasteiger partial charge on any atom is -0.337 e. The summed E-state index contributed by atoms with van der Waals surface area (Å²) < 4.78 is 0. The lowest BCUT2D eigenvalue weighted by molar-refractivity contribution is 0.0834. The van der Waals surface area contributed by atoms with Gasteiger partial charge in [0, 0.05) is 19.6 Å². The Morgan fingerprint density at radius 2 is 1.84 bits per heavy atom. The standard InChI is InChI=1S/C20H31N3O2/c1-19(2)8-17(22-14-24)9-20(3,12-19)13-21-18(25)23-10-15-6-4-5-7-16(15)11-23/h4-5,15-17H,6-13H2,1-3H3,(H,21,25). The van der Waals surface area contributed by atoms with Crippen LogP contribution >= 0.6 is 0 Å². The van der Waals surface area contributed by atoms with Crippen LogP contribution in [0.5, 0.6) is 0 Å². The summed E-state index contributed by atoms with van der Waals surface area (Å²) in [5.41, 5.74) is 0.0907. The molecule has 0 bridgehead atoms. The van der Waals surface area contributed by atoms with Crippen molar-refractivity contribution in [1.82, 2.24) is 10.2 Å².